The first-order valence-electron chi connectivity index (χ1n) is 13.1. The average molecular weight is 599 g/mol. The van der Waals surface area contributed by atoms with Gasteiger partial charge in [-0.25, -0.2) is 0 Å². The summed E-state index contributed by atoms with van der Waals surface area (Å²) in [7, 11) is 0. The van der Waals surface area contributed by atoms with Gasteiger partial charge in [0.1, 0.15) is 77.4 Å². The molecule has 15 nitrogen and oxygen atoms in total. The number of aromatic hydroxyl groups is 2. The lowest BCUT2D eigenvalue weighted by Gasteiger charge is -2.40. The summed E-state index contributed by atoms with van der Waals surface area (Å²) >= 11 is 0. The molecule has 10 N–H and O–H groups in total. The zero-order chi connectivity index (χ0) is 30.7. The number of aliphatic hydroxyl groups is 8. The summed E-state index contributed by atoms with van der Waals surface area (Å²) in [5, 5.41) is 100. The van der Waals surface area contributed by atoms with Crippen LogP contribution < -0.4 is 9.47 Å². The molecule has 0 spiro atoms. The highest BCUT2D eigenvalue weighted by Gasteiger charge is 2.46. The van der Waals surface area contributed by atoms with Gasteiger partial charge in [-0.3, -0.25) is 4.79 Å². The zero-order valence-corrected chi connectivity index (χ0v) is 22.1. The van der Waals surface area contributed by atoms with Crippen molar-refractivity contribution in [2.45, 2.75) is 74.3 Å². The lowest BCUT2D eigenvalue weighted by atomic mass is 9.98. The van der Waals surface area contributed by atoms with E-state index in [0.717, 1.165) is 12.1 Å². The molecule has 10 unspecified atom stereocenters. The average Bonchev–Trinajstić information content (AvgIpc) is 2.97. The molecule has 0 amide bonds. The number of carbonyl (C=O) groups excluding carboxylic acids is 1. The minimum Gasteiger partial charge on any atom is -0.508 e. The number of ketones is 1. The molecule has 2 saturated heterocycles. The highest BCUT2D eigenvalue weighted by molar-refractivity contribution is 6.01. The van der Waals surface area contributed by atoms with Crippen molar-refractivity contribution in [3.63, 3.8) is 0 Å². The van der Waals surface area contributed by atoms with Gasteiger partial charge in [-0.05, 0) is 24.1 Å². The van der Waals surface area contributed by atoms with Crippen LogP contribution in [-0.4, -0.2) is 131 Å². The molecule has 10 atom stereocenters. The Balaban J connectivity index is 1.64. The summed E-state index contributed by atoms with van der Waals surface area (Å²) in [6.45, 7) is -1.48. The van der Waals surface area contributed by atoms with Gasteiger partial charge in [-0.2, -0.15) is 0 Å². The lowest BCUT2D eigenvalue weighted by Crippen LogP contribution is -2.60. The van der Waals surface area contributed by atoms with E-state index in [4.69, 9.17) is 18.9 Å². The molecule has 4 rings (SSSR count). The second-order valence-electron chi connectivity index (χ2n) is 10.0. The van der Waals surface area contributed by atoms with Crippen LogP contribution in [0.3, 0.4) is 0 Å². The SMILES string of the molecule is O=C(CCc1ccc(O)cc1)c1c(O)cc(OC2OC(CO)C(O)C(O)C2O)cc1OC1OC(CO)C(O)C(O)C1O. The van der Waals surface area contributed by atoms with Crippen molar-refractivity contribution in [2.75, 3.05) is 13.2 Å². The standard InChI is InChI=1S/C27H34O15/c28-9-17-20(33)22(35)24(37)26(41-17)39-13-7-15(32)19(14(31)6-3-11-1-4-12(30)5-2-11)16(8-13)40-27-25(38)23(36)21(34)18(10-29)42-27/h1-2,4-5,7-8,17-18,20-30,32-38H,3,6,9-10H2. The number of aryl methyl sites for hydroxylation is 1. The van der Waals surface area contributed by atoms with E-state index >= 15 is 0 Å². The molecule has 0 aliphatic carbocycles. The molecule has 0 radical (unpaired) electrons. The van der Waals surface area contributed by atoms with Crippen LogP contribution in [0.15, 0.2) is 36.4 Å². The third-order valence-corrected chi connectivity index (χ3v) is 7.10. The molecule has 232 valence electrons. The second-order valence-corrected chi connectivity index (χ2v) is 10.0. The summed E-state index contributed by atoms with van der Waals surface area (Å²) in [4.78, 5) is 13.3. The van der Waals surface area contributed by atoms with Crippen LogP contribution in [0, 0.1) is 0 Å². The van der Waals surface area contributed by atoms with Crippen molar-refractivity contribution in [3.8, 4) is 23.0 Å². The van der Waals surface area contributed by atoms with Gasteiger partial charge in [0.05, 0.1) is 13.2 Å². The molecule has 2 fully saturated rings. The van der Waals surface area contributed by atoms with Crippen LogP contribution in [0.5, 0.6) is 23.0 Å². The molecule has 0 saturated carbocycles. The summed E-state index contributed by atoms with van der Waals surface area (Å²) in [5.41, 5.74) is 0.312. The van der Waals surface area contributed by atoms with E-state index in [-0.39, 0.29) is 29.9 Å². The van der Waals surface area contributed by atoms with Crippen molar-refractivity contribution in [1.82, 2.24) is 0 Å². The van der Waals surface area contributed by atoms with Crippen LogP contribution in [0.4, 0.5) is 0 Å². The fourth-order valence-corrected chi connectivity index (χ4v) is 4.65. The maximum atomic E-state index is 13.3. The number of phenols is 2. The van der Waals surface area contributed by atoms with Crippen molar-refractivity contribution in [3.05, 3.63) is 47.5 Å². The van der Waals surface area contributed by atoms with E-state index in [9.17, 15) is 55.9 Å². The third-order valence-electron chi connectivity index (χ3n) is 7.10. The molecule has 2 heterocycles. The fraction of sp³-hybridized carbons (Fsp3) is 0.519. The first kappa shape index (κ1) is 31.8. The van der Waals surface area contributed by atoms with E-state index in [1.54, 1.807) is 12.1 Å². The first-order valence-corrected chi connectivity index (χ1v) is 13.1. The fourth-order valence-electron chi connectivity index (χ4n) is 4.65. The smallest absolute Gasteiger partial charge is 0.229 e. The number of ether oxygens (including phenoxy) is 4. The minimum atomic E-state index is -1.86. The second kappa shape index (κ2) is 13.5. The highest BCUT2D eigenvalue weighted by Crippen LogP contribution is 2.38. The van der Waals surface area contributed by atoms with E-state index in [1.165, 1.54) is 12.1 Å². The van der Waals surface area contributed by atoms with Gasteiger partial charge in [-0.15, -0.1) is 0 Å². The third kappa shape index (κ3) is 6.76. The van der Waals surface area contributed by atoms with Gasteiger partial charge in [0.15, 0.2) is 5.78 Å². The monoisotopic (exact) mass is 598 g/mol. The largest absolute Gasteiger partial charge is 0.508 e. The number of Topliss-reactive ketones (excluding diaryl/α,β-unsaturated/α-hetero) is 1. The van der Waals surface area contributed by atoms with Crippen molar-refractivity contribution < 1.29 is 74.8 Å². The van der Waals surface area contributed by atoms with Crippen LogP contribution in [0.1, 0.15) is 22.3 Å². The number of hydrogen-bond acceptors (Lipinski definition) is 15. The number of carbonyl (C=O) groups is 1. The molecule has 2 aliphatic rings. The molecular weight excluding hydrogens is 564 g/mol. The predicted octanol–water partition coefficient (Wildman–Crippen LogP) is -2.73. The van der Waals surface area contributed by atoms with E-state index in [2.05, 4.69) is 0 Å². The number of aliphatic hydroxyl groups excluding tert-OH is 8. The van der Waals surface area contributed by atoms with Crippen molar-refractivity contribution >= 4 is 5.78 Å². The van der Waals surface area contributed by atoms with Crippen LogP contribution >= 0.6 is 0 Å². The van der Waals surface area contributed by atoms with Crippen LogP contribution in [-0.2, 0) is 15.9 Å². The maximum absolute atomic E-state index is 13.3. The number of hydrogen-bond donors (Lipinski definition) is 10. The van der Waals surface area contributed by atoms with E-state index in [0.29, 0.717) is 5.56 Å². The van der Waals surface area contributed by atoms with Crippen molar-refractivity contribution in [1.29, 1.82) is 0 Å². The summed E-state index contributed by atoms with van der Waals surface area (Å²) in [5.74, 6) is -1.99. The summed E-state index contributed by atoms with van der Waals surface area (Å²) < 4.78 is 21.9. The quantitative estimate of drug-likeness (QED) is 0.125. The van der Waals surface area contributed by atoms with Gasteiger partial charge in [0.25, 0.3) is 0 Å². The molecule has 15 heteroatoms. The molecule has 0 bridgehead atoms. The van der Waals surface area contributed by atoms with Gasteiger partial charge in [0, 0.05) is 18.6 Å². The Morgan fingerprint density at radius 2 is 1.24 bits per heavy atom. The van der Waals surface area contributed by atoms with Gasteiger partial charge in [-0.1, -0.05) is 12.1 Å². The Morgan fingerprint density at radius 3 is 1.76 bits per heavy atom. The van der Waals surface area contributed by atoms with Crippen molar-refractivity contribution in [2.24, 2.45) is 0 Å². The van der Waals surface area contributed by atoms with Crippen LogP contribution in [0.25, 0.3) is 0 Å². The Labute approximate surface area is 239 Å². The van der Waals surface area contributed by atoms with E-state index in [1.807, 2.05) is 0 Å². The number of rotatable bonds is 10. The molecule has 0 aromatic heterocycles. The van der Waals surface area contributed by atoms with Gasteiger partial charge >= 0.3 is 0 Å². The first-order chi connectivity index (χ1) is 19.9. The lowest BCUT2D eigenvalue weighted by molar-refractivity contribution is -0.278. The molecular formula is C27H34O15. The Bertz CT molecular complexity index is 1200. The molecule has 2 aromatic carbocycles. The number of phenolic OH excluding ortho intramolecular Hbond substituents is 2. The Morgan fingerprint density at radius 1 is 0.714 bits per heavy atom. The molecule has 2 aromatic rings. The molecule has 2 aliphatic heterocycles. The summed E-state index contributed by atoms with van der Waals surface area (Å²) in [6, 6.07) is 8.13. The van der Waals surface area contributed by atoms with Gasteiger partial charge < -0.3 is 70.0 Å². The Kier molecular flexibility index (Phi) is 10.2. The number of benzene rings is 2. The maximum Gasteiger partial charge on any atom is 0.229 e. The zero-order valence-electron chi connectivity index (χ0n) is 22.1. The highest BCUT2D eigenvalue weighted by atomic mass is 16.7. The van der Waals surface area contributed by atoms with Gasteiger partial charge in [0.2, 0.25) is 12.6 Å². The molecule has 42 heavy (non-hydrogen) atoms. The topological polar surface area (TPSA) is 256 Å². The minimum absolute atomic E-state index is 0.0351. The van der Waals surface area contributed by atoms with Crippen LogP contribution in [0.2, 0.25) is 0 Å². The normalized spacial score (nSPS) is 33.2. The predicted molar refractivity (Wildman–Crippen MR) is 138 cm³/mol. The Hall–Kier alpha value is -3.09. The van der Waals surface area contributed by atoms with E-state index < -0.39 is 91.9 Å². The summed E-state index contributed by atoms with van der Waals surface area (Å²) in [6.07, 6.45) is -16.6.